The van der Waals surface area contributed by atoms with Crippen molar-refractivity contribution >= 4 is 11.7 Å². The van der Waals surface area contributed by atoms with Gasteiger partial charge in [0.15, 0.2) is 0 Å². The summed E-state index contributed by atoms with van der Waals surface area (Å²) in [6.07, 6.45) is 1.45. The molecule has 1 fully saturated rings. The van der Waals surface area contributed by atoms with Gasteiger partial charge in [-0.25, -0.2) is 4.39 Å². The number of benzene rings is 1. The van der Waals surface area contributed by atoms with Crippen LogP contribution in [0.15, 0.2) is 18.2 Å². The van der Waals surface area contributed by atoms with Gasteiger partial charge in [-0.1, -0.05) is 0 Å². The second kappa shape index (κ2) is 3.22. The van der Waals surface area contributed by atoms with E-state index in [2.05, 4.69) is 4.90 Å². The smallest absolute Gasteiger partial charge is 0.307 e. The molecule has 0 amide bonds. The van der Waals surface area contributed by atoms with Gasteiger partial charge in [-0.15, -0.1) is 0 Å². The molecule has 1 aliphatic carbocycles. The van der Waals surface area contributed by atoms with Gasteiger partial charge in [-0.05, 0) is 36.6 Å². The first kappa shape index (κ1) is 10.6. The number of halogens is 1. The van der Waals surface area contributed by atoms with Crippen molar-refractivity contribution in [2.45, 2.75) is 18.3 Å². The predicted octanol–water partition coefficient (Wildman–Crippen LogP) is 2.01. The molecule has 0 radical (unpaired) electrons. The zero-order chi connectivity index (χ0) is 12.2. The summed E-state index contributed by atoms with van der Waals surface area (Å²) in [5.74, 6) is -1.38. The molecule has 4 heteroatoms. The topological polar surface area (TPSA) is 40.5 Å². The lowest BCUT2D eigenvalue weighted by Crippen LogP contribution is -2.32. The van der Waals surface area contributed by atoms with E-state index in [1.807, 2.05) is 7.05 Å². The van der Waals surface area contributed by atoms with Gasteiger partial charge in [-0.3, -0.25) is 4.79 Å². The lowest BCUT2D eigenvalue weighted by molar-refractivity contribution is -0.139. The van der Waals surface area contributed by atoms with Crippen molar-refractivity contribution in [2.75, 3.05) is 18.5 Å². The van der Waals surface area contributed by atoms with Gasteiger partial charge in [0.25, 0.3) is 0 Å². The second-order valence-corrected chi connectivity index (χ2v) is 5.08. The average Bonchev–Trinajstić information content (AvgIpc) is 3.00. The molecule has 1 aliphatic heterocycles. The van der Waals surface area contributed by atoms with Crippen molar-refractivity contribution in [3.63, 3.8) is 0 Å². The van der Waals surface area contributed by atoms with Crippen LogP contribution in [0.2, 0.25) is 0 Å². The van der Waals surface area contributed by atoms with Crippen LogP contribution in [0.5, 0.6) is 0 Å². The summed E-state index contributed by atoms with van der Waals surface area (Å²) in [6.45, 7) is 0.836. The Morgan fingerprint density at radius 1 is 1.59 bits per heavy atom. The SMILES string of the molecule is CN1CCC2(CC2C(=O)O)c2cc(F)ccc21. The van der Waals surface area contributed by atoms with Crippen LogP contribution in [0, 0.1) is 11.7 Å². The minimum atomic E-state index is -0.759. The predicted molar refractivity (Wildman–Crippen MR) is 61.7 cm³/mol. The number of carboxylic acid groups (broad SMARTS) is 1. The van der Waals surface area contributed by atoms with Crippen molar-refractivity contribution in [1.29, 1.82) is 0 Å². The van der Waals surface area contributed by atoms with E-state index < -0.39 is 5.97 Å². The monoisotopic (exact) mass is 235 g/mol. The van der Waals surface area contributed by atoms with Crippen molar-refractivity contribution in [3.05, 3.63) is 29.6 Å². The summed E-state index contributed by atoms with van der Waals surface area (Å²) >= 11 is 0. The fourth-order valence-corrected chi connectivity index (χ4v) is 3.07. The molecule has 0 bridgehead atoms. The Hall–Kier alpha value is -1.58. The molecule has 90 valence electrons. The Kier molecular flexibility index (Phi) is 2.00. The lowest BCUT2D eigenvalue weighted by Gasteiger charge is -2.34. The van der Waals surface area contributed by atoms with E-state index in [9.17, 15) is 9.18 Å². The van der Waals surface area contributed by atoms with Gasteiger partial charge < -0.3 is 10.0 Å². The van der Waals surface area contributed by atoms with Crippen LogP contribution in [-0.2, 0) is 10.2 Å². The molecule has 3 nitrogen and oxygen atoms in total. The highest BCUT2D eigenvalue weighted by atomic mass is 19.1. The molecule has 2 aliphatic rings. The molecule has 1 heterocycles. The summed E-state index contributed by atoms with van der Waals surface area (Å²) in [6, 6.07) is 4.70. The van der Waals surface area contributed by atoms with Crippen LogP contribution in [0.25, 0.3) is 0 Å². The molecule has 1 saturated carbocycles. The zero-order valence-electron chi connectivity index (χ0n) is 9.61. The molecule has 2 atom stereocenters. The molecule has 1 aromatic rings. The number of hydrogen-bond acceptors (Lipinski definition) is 2. The second-order valence-electron chi connectivity index (χ2n) is 5.08. The van der Waals surface area contributed by atoms with Crippen molar-refractivity contribution in [2.24, 2.45) is 5.92 Å². The van der Waals surface area contributed by atoms with E-state index in [-0.39, 0.29) is 17.2 Å². The number of aliphatic carboxylic acids is 1. The first-order chi connectivity index (χ1) is 8.04. The largest absolute Gasteiger partial charge is 0.481 e. The van der Waals surface area contributed by atoms with Crippen LogP contribution >= 0.6 is 0 Å². The summed E-state index contributed by atoms with van der Waals surface area (Å²) in [5.41, 5.74) is 1.54. The highest BCUT2D eigenvalue weighted by Crippen LogP contribution is 2.60. The number of fused-ring (bicyclic) bond motifs is 2. The molecule has 1 aromatic carbocycles. The molecule has 17 heavy (non-hydrogen) atoms. The maximum absolute atomic E-state index is 13.4. The molecule has 2 unspecified atom stereocenters. The molecular formula is C13H14FNO2. The van der Waals surface area contributed by atoms with Gasteiger partial charge in [0.2, 0.25) is 0 Å². The van der Waals surface area contributed by atoms with Gasteiger partial charge in [0.1, 0.15) is 5.82 Å². The zero-order valence-corrected chi connectivity index (χ0v) is 9.61. The van der Waals surface area contributed by atoms with Gasteiger partial charge in [-0.2, -0.15) is 0 Å². The van der Waals surface area contributed by atoms with E-state index in [4.69, 9.17) is 5.11 Å². The normalized spacial score (nSPS) is 30.2. The van der Waals surface area contributed by atoms with Crippen molar-refractivity contribution in [1.82, 2.24) is 0 Å². The van der Waals surface area contributed by atoms with Crippen LogP contribution in [0.4, 0.5) is 10.1 Å². The molecule has 0 saturated heterocycles. The van der Waals surface area contributed by atoms with Crippen LogP contribution in [0.3, 0.4) is 0 Å². The quantitative estimate of drug-likeness (QED) is 0.809. The lowest BCUT2D eigenvalue weighted by atomic mass is 9.85. The van der Waals surface area contributed by atoms with E-state index in [1.54, 1.807) is 6.07 Å². The summed E-state index contributed by atoms with van der Waals surface area (Å²) < 4.78 is 13.4. The average molecular weight is 235 g/mol. The highest BCUT2D eigenvalue weighted by molar-refractivity contribution is 5.79. The molecule has 1 spiro atoms. The molecule has 1 N–H and O–H groups in total. The number of carbonyl (C=O) groups is 1. The number of rotatable bonds is 1. The maximum atomic E-state index is 13.4. The van der Waals surface area contributed by atoms with E-state index in [0.29, 0.717) is 6.42 Å². The minimum absolute atomic E-state index is 0.283. The van der Waals surface area contributed by atoms with Gasteiger partial charge in [0, 0.05) is 24.7 Å². The third-order valence-corrected chi connectivity index (χ3v) is 4.17. The van der Waals surface area contributed by atoms with Gasteiger partial charge in [0.05, 0.1) is 5.92 Å². The van der Waals surface area contributed by atoms with Gasteiger partial charge >= 0.3 is 5.97 Å². The Morgan fingerprint density at radius 3 is 3.00 bits per heavy atom. The molecular weight excluding hydrogens is 221 g/mol. The van der Waals surface area contributed by atoms with E-state index in [1.165, 1.54) is 12.1 Å². The maximum Gasteiger partial charge on any atom is 0.307 e. The third-order valence-electron chi connectivity index (χ3n) is 4.17. The van der Waals surface area contributed by atoms with Crippen molar-refractivity contribution in [3.8, 4) is 0 Å². The number of hydrogen-bond donors (Lipinski definition) is 1. The molecule has 0 aromatic heterocycles. The van der Waals surface area contributed by atoms with E-state index >= 15 is 0 Å². The van der Waals surface area contributed by atoms with Crippen LogP contribution in [0.1, 0.15) is 18.4 Å². The highest BCUT2D eigenvalue weighted by Gasteiger charge is 2.61. The Balaban J connectivity index is 2.10. The number of carboxylic acids is 1. The standard InChI is InChI=1S/C13H14FNO2/c1-15-5-4-13(7-10(13)12(16)17)9-6-8(14)2-3-11(9)15/h2-3,6,10H,4-5,7H2,1H3,(H,16,17). The fourth-order valence-electron chi connectivity index (χ4n) is 3.07. The van der Waals surface area contributed by atoms with Crippen LogP contribution < -0.4 is 4.90 Å². The fraction of sp³-hybridized carbons (Fsp3) is 0.462. The summed E-state index contributed by atoms with van der Waals surface area (Å²) in [7, 11) is 1.96. The number of nitrogens with zero attached hydrogens (tertiary/aromatic N) is 1. The number of anilines is 1. The molecule has 3 rings (SSSR count). The Bertz CT molecular complexity index is 502. The van der Waals surface area contributed by atoms with Crippen LogP contribution in [-0.4, -0.2) is 24.7 Å². The summed E-state index contributed by atoms with van der Waals surface area (Å²) in [5, 5.41) is 9.12. The first-order valence-electron chi connectivity index (χ1n) is 5.78. The van der Waals surface area contributed by atoms with Crippen molar-refractivity contribution < 1.29 is 14.3 Å². The first-order valence-corrected chi connectivity index (χ1v) is 5.78. The minimum Gasteiger partial charge on any atom is -0.481 e. The Morgan fingerprint density at radius 2 is 2.35 bits per heavy atom. The third kappa shape index (κ3) is 1.36. The Labute approximate surface area is 98.9 Å². The van der Waals surface area contributed by atoms with E-state index in [0.717, 1.165) is 24.2 Å². The summed E-state index contributed by atoms with van der Waals surface area (Å²) in [4.78, 5) is 13.2.